The summed E-state index contributed by atoms with van der Waals surface area (Å²) in [6.07, 6.45) is 6.84. The zero-order valence-corrected chi connectivity index (χ0v) is 18.7. The molecule has 1 aliphatic carbocycles. The van der Waals surface area contributed by atoms with Crippen LogP contribution in [0.4, 0.5) is 21.0 Å². The molecule has 2 aliphatic rings. The van der Waals surface area contributed by atoms with E-state index in [0.717, 1.165) is 24.0 Å². The molecule has 2 aromatic heterocycles. The van der Waals surface area contributed by atoms with Crippen LogP contribution in [0.2, 0.25) is 0 Å². The number of carbonyl (C=O) groups is 1. The first kappa shape index (κ1) is 21.2. The summed E-state index contributed by atoms with van der Waals surface area (Å²) in [6.45, 7) is 6.05. The number of amides is 1. The van der Waals surface area contributed by atoms with Gasteiger partial charge in [-0.1, -0.05) is 6.07 Å². The number of anilines is 2. The zero-order valence-electron chi connectivity index (χ0n) is 18.7. The van der Waals surface area contributed by atoms with Crippen LogP contribution in [0.3, 0.4) is 0 Å². The van der Waals surface area contributed by atoms with Crippen molar-refractivity contribution in [1.29, 1.82) is 0 Å². The molecular formula is C24H25FN6O2. The van der Waals surface area contributed by atoms with Gasteiger partial charge in [0.15, 0.2) is 0 Å². The normalized spacial score (nSPS) is 21.1. The first-order valence-corrected chi connectivity index (χ1v) is 11.0. The van der Waals surface area contributed by atoms with Gasteiger partial charge < -0.3 is 10.1 Å². The molecule has 8 nitrogen and oxygen atoms in total. The number of hydrogen-bond acceptors (Lipinski definition) is 7. The van der Waals surface area contributed by atoms with Crippen molar-refractivity contribution in [2.75, 3.05) is 16.8 Å². The largest absolute Gasteiger partial charge is 0.447 e. The van der Waals surface area contributed by atoms with Gasteiger partial charge in [0.05, 0.1) is 11.6 Å². The second-order valence-electron chi connectivity index (χ2n) is 8.92. The van der Waals surface area contributed by atoms with E-state index in [2.05, 4.69) is 25.3 Å². The van der Waals surface area contributed by atoms with Crippen LogP contribution < -0.4 is 10.2 Å². The summed E-state index contributed by atoms with van der Waals surface area (Å²) in [5.41, 5.74) is 1.85. The van der Waals surface area contributed by atoms with E-state index in [9.17, 15) is 9.18 Å². The molecule has 5 rings (SSSR count). The zero-order chi connectivity index (χ0) is 23.2. The van der Waals surface area contributed by atoms with Crippen LogP contribution in [0.5, 0.6) is 0 Å². The van der Waals surface area contributed by atoms with Crippen molar-refractivity contribution >= 4 is 17.9 Å². The molecule has 1 aromatic carbocycles. The number of halogens is 1. The Morgan fingerprint density at radius 3 is 2.64 bits per heavy atom. The van der Waals surface area contributed by atoms with Crippen LogP contribution in [0.1, 0.15) is 44.1 Å². The lowest BCUT2D eigenvalue weighted by Crippen LogP contribution is -2.47. The van der Waals surface area contributed by atoms with Gasteiger partial charge in [0.25, 0.3) is 0 Å². The Morgan fingerprint density at radius 1 is 1.18 bits per heavy atom. The third-order valence-corrected chi connectivity index (χ3v) is 6.40. The van der Waals surface area contributed by atoms with Gasteiger partial charge in [-0.05, 0) is 68.9 Å². The van der Waals surface area contributed by atoms with Gasteiger partial charge in [0.1, 0.15) is 24.1 Å². The summed E-state index contributed by atoms with van der Waals surface area (Å²) in [5, 5.41) is 3.21. The lowest BCUT2D eigenvalue weighted by Gasteiger charge is -2.31. The molecule has 1 saturated heterocycles. The van der Waals surface area contributed by atoms with Gasteiger partial charge in [0.2, 0.25) is 5.95 Å². The fourth-order valence-corrected chi connectivity index (χ4v) is 4.24. The third-order valence-electron chi connectivity index (χ3n) is 6.40. The number of cyclic esters (lactones) is 1. The number of ether oxygens (including phenoxy) is 1. The summed E-state index contributed by atoms with van der Waals surface area (Å²) in [6, 6.07) is 6.37. The van der Waals surface area contributed by atoms with Crippen molar-refractivity contribution in [3.8, 4) is 11.1 Å². The molecule has 1 N–H and O–H groups in total. The average molecular weight is 449 g/mol. The lowest BCUT2D eigenvalue weighted by atomic mass is 9.96. The molecule has 33 heavy (non-hydrogen) atoms. The quantitative estimate of drug-likeness (QED) is 0.585. The Balaban J connectivity index is 1.32. The van der Waals surface area contributed by atoms with Gasteiger partial charge in [0, 0.05) is 24.2 Å². The Bertz CT molecular complexity index is 1200. The van der Waals surface area contributed by atoms with E-state index in [1.165, 1.54) is 6.07 Å². The predicted molar refractivity (Wildman–Crippen MR) is 121 cm³/mol. The van der Waals surface area contributed by atoms with Crippen LogP contribution in [-0.2, 0) is 4.74 Å². The molecule has 1 saturated carbocycles. The minimum Gasteiger partial charge on any atom is -0.447 e. The second-order valence-corrected chi connectivity index (χ2v) is 8.92. The maximum Gasteiger partial charge on any atom is 0.416 e. The highest BCUT2D eigenvalue weighted by Gasteiger charge is 2.54. The highest BCUT2D eigenvalue weighted by atomic mass is 19.1. The molecule has 0 bridgehead atoms. The summed E-state index contributed by atoms with van der Waals surface area (Å²) in [5.74, 6) is 1.64. The number of carbonyl (C=O) groups excluding carboxylic acids is 1. The van der Waals surface area contributed by atoms with Gasteiger partial charge in [-0.15, -0.1) is 0 Å². The molecule has 2 fully saturated rings. The predicted octanol–water partition coefficient (Wildman–Crippen LogP) is 4.68. The molecule has 0 spiro atoms. The molecule has 1 aliphatic heterocycles. The Labute approximate surface area is 191 Å². The number of nitrogens with zero attached hydrogens (tertiary/aromatic N) is 5. The van der Waals surface area contributed by atoms with Crippen molar-refractivity contribution in [1.82, 2.24) is 19.9 Å². The first-order chi connectivity index (χ1) is 15.8. The number of hydrogen-bond donors (Lipinski definition) is 1. The third kappa shape index (κ3) is 3.99. The Morgan fingerprint density at radius 2 is 1.94 bits per heavy atom. The number of aromatic nitrogens is 4. The number of rotatable bonds is 6. The van der Waals surface area contributed by atoms with Crippen molar-refractivity contribution in [3.63, 3.8) is 0 Å². The van der Waals surface area contributed by atoms with Crippen LogP contribution in [0.15, 0.2) is 42.9 Å². The summed E-state index contributed by atoms with van der Waals surface area (Å²) in [4.78, 5) is 31.9. The number of nitrogens with one attached hydrogen (secondary N) is 1. The second kappa shape index (κ2) is 8.06. The van der Waals surface area contributed by atoms with E-state index in [1.54, 1.807) is 48.6 Å². The number of aryl methyl sites for hydroxylation is 1. The van der Waals surface area contributed by atoms with Gasteiger partial charge in [-0.2, -0.15) is 4.98 Å². The highest BCUT2D eigenvalue weighted by Crippen LogP contribution is 2.47. The van der Waals surface area contributed by atoms with E-state index in [4.69, 9.17) is 4.74 Å². The van der Waals surface area contributed by atoms with Crippen molar-refractivity contribution in [3.05, 3.63) is 60.1 Å². The van der Waals surface area contributed by atoms with Crippen molar-refractivity contribution in [2.24, 2.45) is 5.92 Å². The molecule has 9 heteroatoms. The molecule has 170 valence electrons. The van der Waals surface area contributed by atoms with E-state index in [1.807, 2.05) is 13.8 Å². The first-order valence-electron chi connectivity index (χ1n) is 11.0. The van der Waals surface area contributed by atoms with Gasteiger partial charge >= 0.3 is 6.09 Å². The standard InChI is InChI=1S/C24H25FN6O2/c1-14-10-16(4-7-19(14)25)17-11-27-21(28-12-17)15(2)29-22-26-9-8-20(30-22)31-23(32)33-13-24(31,3)18-5-6-18/h4,7-12,15,18H,5-6,13H2,1-3H3,(H,26,29,30)/t15-,24?/m1/s1. The molecule has 1 amide bonds. The van der Waals surface area contributed by atoms with Crippen molar-refractivity contribution in [2.45, 2.75) is 45.2 Å². The van der Waals surface area contributed by atoms with Crippen LogP contribution in [0.25, 0.3) is 11.1 Å². The lowest BCUT2D eigenvalue weighted by molar-refractivity contribution is 0.172. The van der Waals surface area contributed by atoms with E-state index in [-0.39, 0.29) is 23.5 Å². The highest BCUT2D eigenvalue weighted by molar-refractivity contribution is 5.90. The SMILES string of the molecule is Cc1cc(-c2cnc([C@@H](C)Nc3nccc(N4C(=O)OCC4(C)C4CC4)n3)nc2)ccc1F. The maximum atomic E-state index is 13.5. The molecule has 2 atom stereocenters. The molecular weight excluding hydrogens is 423 g/mol. The fourth-order valence-electron chi connectivity index (χ4n) is 4.24. The van der Waals surface area contributed by atoms with E-state index < -0.39 is 0 Å². The summed E-state index contributed by atoms with van der Waals surface area (Å²) in [7, 11) is 0. The molecule has 1 unspecified atom stereocenters. The Kier molecular flexibility index (Phi) is 5.19. The van der Waals surface area contributed by atoms with E-state index in [0.29, 0.717) is 35.7 Å². The topological polar surface area (TPSA) is 93.1 Å². The molecule has 3 heterocycles. The fraction of sp³-hybridized carbons (Fsp3) is 0.375. The smallest absolute Gasteiger partial charge is 0.416 e. The van der Waals surface area contributed by atoms with Gasteiger partial charge in [-0.25, -0.2) is 24.1 Å². The van der Waals surface area contributed by atoms with Gasteiger partial charge in [-0.3, -0.25) is 4.90 Å². The molecule has 0 radical (unpaired) electrons. The minimum atomic E-state index is -0.383. The number of benzene rings is 1. The van der Waals surface area contributed by atoms with E-state index >= 15 is 0 Å². The minimum absolute atomic E-state index is 0.240. The summed E-state index contributed by atoms with van der Waals surface area (Å²) >= 11 is 0. The average Bonchev–Trinajstić information content (AvgIpc) is 3.62. The van der Waals surface area contributed by atoms with Crippen LogP contribution in [-0.4, -0.2) is 38.2 Å². The van der Waals surface area contributed by atoms with Crippen LogP contribution in [0, 0.1) is 18.7 Å². The maximum absolute atomic E-state index is 13.5. The molecule has 3 aromatic rings. The monoisotopic (exact) mass is 448 g/mol. The Hall–Kier alpha value is -3.62. The van der Waals surface area contributed by atoms with Crippen LogP contribution >= 0.6 is 0 Å². The van der Waals surface area contributed by atoms with Crippen molar-refractivity contribution < 1.29 is 13.9 Å². The summed E-state index contributed by atoms with van der Waals surface area (Å²) < 4.78 is 18.9.